The summed E-state index contributed by atoms with van der Waals surface area (Å²) in [4.78, 5) is 27.9. The average molecular weight is 377 g/mol. The summed E-state index contributed by atoms with van der Waals surface area (Å²) in [6, 6.07) is 0.0804. The Morgan fingerprint density at radius 3 is 2.73 bits per heavy atom. The number of hydroxylamine groups is 1. The van der Waals surface area contributed by atoms with Gasteiger partial charge in [-0.05, 0) is 20.8 Å². The van der Waals surface area contributed by atoms with Crippen LogP contribution in [0.15, 0.2) is 18.6 Å². The van der Waals surface area contributed by atoms with Crippen LogP contribution in [0.25, 0.3) is 11.4 Å². The summed E-state index contributed by atoms with van der Waals surface area (Å²) in [6.45, 7) is 5.78. The highest BCUT2D eigenvalue weighted by Gasteiger charge is 2.18. The van der Waals surface area contributed by atoms with E-state index in [9.17, 15) is 9.18 Å². The number of carbonyl (C=O) groups excluding carboxylic acids is 1. The number of anilines is 2. The number of halogens is 1. The summed E-state index contributed by atoms with van der Waals surface area (Å²) in [5.41, 5.74) is 2.18. The lowest BCUT2D eigenvalue weighted by Crippen LogP contribution is -2.16. The van der Waals surface area contributed by atoms with Crippen LogP contribution in [0.4, 0.5) is 15.5 Å². The zero-order valence-electron chi connectivity index (χ0n) is 14.2. The fraction of sp³-hybridized carbons (Fsp3) is 0.267. The Bertz CT molecular complexity index is 953. The molecule has 0 atom stereocenters. The van der Waals surface area contributed by atoms with Gasteiger partial charge in [-0.3, -0.25) is 10.0 Å². The molecule has 9 nitrogen and oxygen atoms in total. The van der Waals surface area contributed by atoms with Crippen LogP contribution in [-0.4, -0.2) is 35.6 Å². The molecule has 0 aliphatic heterocycles. The van der Waals surface area contributed by atoms with E-state index in [1.54, 1.807) is 6.20 Å². The summed E-state index contributed by atoms with van der Waals surface area (Å²) in [7, 11) is 0. The number of nitrogens with zero attached hydrogens (tertiary/aromatic N) is 5. The Morgan fingerprint density at radius 1 is 1.27 bits per heavy atom. The third-order valence-electron chi connectivity index (χ3n) is 3.53. The van der Waals surface area contributed by atoms with E-state index in [0.29, 0.717) is 10.8 Å². The molecule has 26 heavy (non-hydrogen) atoms. The van der Waals surface area contributed by atoms with Gasteiger partial charge in [0.2, 0.25) is 5.95 Å². The maximum atomic E-state index is 14.3. The number of rotatable bonds is 5. The average Bonchev–Trinajstić information content (AvgIpc) is 3.22. The van der Waals surface area contributed by atoms with Gasteiger partial charge in [0.25, 0.3) is 5.91 Å². The third kappa shape index (κ3) is 3.39. The SMILES string of the molecule is Cc1ncc(-c2nc(Nc3ncc(C(=O)NO)s3)ncc2F)n1C(C)C. The molecule has 3 aromatic heterocycles. The van der Waals surface area contributed by atoms with Gasteiger partial charge in [0.05, 0.1) is 24.3 Å². The number of imidazole rings is 1. The molecule has 0 spiro atoms. The zero-order valence-corrected chi connectivity index (χ0v) is 15.0. The highest BCUT2D eigenvalue weighted by Crippen LogP contribution is 2.27. The van der Waals surface area contributed by atoms with Gasteiger partial charge in [-0.2, -0.15) is 0 Å². The van der Waals surface area contributed by atoms with Crippen LogP contribution in [0.5, 0.6) is 0 Å². The van der Waals surface area contributed by atoms with Crippen LogP contribution in [0, 0.1) is 12.7 Å². The molecule has 0 fully saturated rings. The summed E-state index contributed by atoms with van der Waals surface area (Å²) < 4.78 is 16.2. The molecular weight excluding hydrogens is 361 g/mol. The molecule has 3 heterocycles. The number of hydrogen-bond acceptors (Lipinski definition) is 8. The third-order valence-corrected chi connectivity index (χ3v) is 4.45. The Balaban J connectivity index is 1.94. The minimum absolute atomic E-state index is 0.0804. The first-order valence-corrected chi connectivity index (χ1v) is 8.46. The van der Waals surface area contributed by atoms with Crippen LogP contribution in [0.2, 0.25) is 0 Å². The minimum atomic E-state index is -0.674. The first kappa shape index (κ1) is 17.9. The number of aromatic nitrogens is 5. The molecule has 3 rings (SSSR count). The van der Waals surface area contributed by atoms with E-state index in [-0.39, 0.29) is 22.6 Å². The molecule has 0 aromatic carbocycles. The quantitative estimate of drug-likeness (QED) is 0.462. The fourth-order valence-corrected chi connectivity index (χ4v) is 3.17. The Kier molecular flexibility index (Phi) is 4.91. The molecule has 11 heteroatoms. The van der Waals surface area contributed by atoms with Crippen LogP contribution in [0.3, 0.4) is 0 Å². The van der Waals surface area contributed by atoms with E-state index in [1.807, 2.05) is 25.3 Å². The van der Waals surface area contributed by atoms with Crippen molar-refractivity contribution in [3.63, 3.8) is 0 Å². The van der Waals surface area contributed by atoms with Crippen molar-refractivity contribution in [2.24, 2.45) is 0 Å². The molecular formula is C15H16FN7O2S. The molecule has 0 aliphatic carbocycles. The van der Waals surface area contributed by atoms with Crippen molar-refractivity contribution < 1.29 is 14.4 Å². The molecule has 0 radical (unpaired) electrons. The molecule has 0 bridgehead atoms. The Hall–Kier alpha value is -2.92. The van der Waals surface area contributed by atoms with Gasteiger partial charge in [-0.25, -0.2) is 29.8 Å². The first-order chi connectivity index (χ1) is 12.4. The monoisotopic (exact) mass is 377 g/mol. The Labute approximate surface area is 151 Å². The summed E-state index contributed by atoms with van der Waals surface area (Å²) in [6.07, 6.45) is 3.92. The molecule has 136 valence electrons. The number of hydrogen-bond donors (Lipinski definition) is 3. The van der Waals surface area contributed by atoms with Crippen LogP contribution >= 0.6 is 11.3 Å². The van der Waals surface area contributed by atoms with Crippen molar-refractivity contribution in [2.75, 3.05) is 5.32 Å². The predicted molar refractivity (Wildman–Crippen MR) is 93.0 cm³/mol. The number of carbonyl (C=O) groups is 1. The summed E-state index contributed by atoms with van der Waals surface area (Å²) >= 11 is 0.993. The van der Waals surface area contributed by atoms with Gasteiger partial charge in [-0.1, -0.05) is 11.3 Å². The van der Waals surface area contributed by atoms with E-state index >= 15 is 0 Å². The van der Waals surface area contributed by atoms with Crippen molar-refractivity contribution in [3.05, 3.63) is 35.1 Å². The van der Waals surface area contributed by atoms with Gasteiger partial charge >= 0.3 is 0 Å². The van der Waals surface area contributed by atoms with Crippen molar-refractivity contribution in [2.45, 2.75) is 26.8 Å². The summed E-state index contributed by atoms with van der Waals surface area (Å²) in [5, 5.41) is 11.8. The molecule has 3 aromatic rings. The van der Waals surface area contributed by atoms with Crippen molar-refractivity contribution in [1.82, 2.24) is 30.0 Å². The van der Waals surface area contributed by atoms with E-state index in [0.717, 1.165) is 23.4 Å². The second-order valence-electron chi connectivity index (χ2n) is 5.64. The number of nitrogens with one attached hydrogen (secondary N) is 2. The van der Waals surface area contributed by atoms with Crippen LogP contribution in [0.1, 0.15) is 35.4 Å². The maximum absolute atomic E-state index is 14.3. The van der Waals surface area contributed by atoms with Gasteiger partial charge < -0.3 is 9.88 Å². The highest BCUT2D eigenvalue weighted by atomic mass is 32.1. The first-order valence-electron chi connectivity index (χ1n) is 7.64. The van der Waals surface area contributed by atoms with Crippen LogP contribution in [-0.2, 0) is 0 Å². The number of amides is 1. The number of aryl methyl sites for hydroxylation is 1. The second kappa shape index (κ2) is 7.14. The lowest BCUT2D eigenvalue weighted by atomic mass is 10.2. The number of thiazole rings is 1. The molecule has 0 unspecified atom stereocenters. The van der Waals surface area contributed by atoms with Crippen molar-refractivity contribution in [3.8, 4) is 11.4 Å². The van der Waals surface area contributed by atoms with E-state index in [4.69, 9.17) is 5.21 Å². The molecule has 0 saturated heterocycles. The minimum Gasteiger partial charge on any atom is -0.324 e. The maximum Gasteiger partial charge on any atom is 0.286 e. The Morgan fingerprint density at radius 2 is 2.04 bits per heavy atom. The van der Waals surface area contributed by atoms with Gasteiger partial charge in [0.1, 0.15) is 16.4 Å². The summed E-state index contributed by atoms with van der Waals surface area (Å²) in [5.74, 6) is -0.368. The van der Waals surface area contributed by atoms with Crippen LogP contribution < -0.4 is 10.8 Å². The van der Waals surface area contributed by atoms with Gasteiger partial charge in [-0.15, -0.1) is 0 Å². The molecule has 0 aliphatic rings. The topological polar surface area (TPSA) is 118 Å². The lowest BCUT2D eigenvalue weighted by Gasteiger charge is -2.14. The lowest BCUT2D eigenvalue weighted by molar-refractivity contribution is 0.0710. The van der Waals surface area contributed by atoms with Gasteiger partial charge in [0.15, 0.2) is 10.9 Å². The van der Waals surface area contributed by atoms with Crippen molar-refractivity contribution >= 4 is 28.3 Å². The zero-order chi connectivity index (χ0) is 18.8. The van der Waals surface area contributed by atoms with Gasteiger partial charge in [0, 0.05) is 6.04 Å². The van der Waals surface area contributed by atoms with Crippen molar-refractivity contribution in [1.29, 1.82) is 0 Å². The molecule has 1 amide bonds. The fourth-order valence-electron chi connectivity index (χ4n) is 2.47. The highest BCUT2D eigenvalue weighted by molar-refractivity contribution is 7.17. The second-order valence-corrected chi connectivity index (χ2v) is 6.67. The van der Waals surface area contributed by atoms with E-state index in [2.05, 4.69) is 25.3 Å². The standard InChI is InChI=1S/C15H16FN7O2S/c1-7(2)23-8(3)17-5-10(23)12-9(16)4-18-14(20-12)21-15-19-6-11(26-15)13(24)22-25/h4-7,25H,1-3H3,(H,22,24)(H,18,19,20,21). The van der Waals surface area contributed by atoms with E-state index in [1.165, 1.54) is 11.7 Å². The molecule has 3 N–H and O–H groups in total. The largest absolute Gasteiger partial charge is 0.324 e. The molecule has 0 saturated carbocycles. The normalized spacial score (nSPS) is 11.0. The smallest absolute Gasteiger partial charge is 0.286 e. The predicted octanol–water partition coefficient (Wildman–Crippen LogP) is 2.69. The van der Waals surface area contributed by atoms with E-state index < -0.39 is 11.7 Å².